The van der Waals surface area contributed by atoms with Gasteiger partial charge in [-0.05, 0) is 32.9 Å². The minimum Gasteiger partial charge on any atom is -0.455 e. The normalized spacial score (nSPS) is 21.5. The number of nitrogens with zero attached hydrogens (tertiary/aromatic N) is 2. The van der Waals surface area contributed by atoms with E-state index in [1.807, 2.05) is 13.8 Å². The number of nitrogens with one attached hydrogen (secondary N) is 1. The first-order valence-electron chi connectivity index (χ1n) is 8.25. The van der Waals surface area contributed by atoms with Gasteiger partial charge in [-0.3, -0.25) is 9.78 Å². The summed E-state index contributed by atoms with van der Waals surface area (Å²) in [4.78, 5) is 16.2. The summed E-state index contributed by atoms with van der Waals surface area (Å²) in [6, 6.07) is 4.62. The van der Waals surface area contributed by atoms with Crippen LogP contribution in [0.3, 0.4) is 0 Å². The van der Waals surface area contributed by atoms with Crippen LogP contribution in [-0.2, 0) is 14.8 Å². The molecule has 1 aliphatic heterocycles. The Morgan fingerprint density at radius 2 is 2.00 bits per heavy atom. The van der Waals surface area contributed by atoms with Gasteiger partial charge in [-0.15, -0.1) is 0 Å². The molecule has 2 aromatic heterocycles. The SMILES string of the molecule is Cc1oc(C(=O)Nc2cccnc2)cc1S(=O)(=O)N1C[C@@H](C)O[C@H](C)C1. The predicted molar refractivity (Wildman–Crippen MR) is 94.4 cm³/mol. The van der Waals surface area contributed by atoms with E-state index in [1.54, 1.807) is 18.3 Å². The van der Waals surface area contributed by atoms with Gasteiger partial charge in [-0.2, -0.15) is 4.31 Å². The Morgan fingerprint density at radius 3 is 2.62 bits per heavy atom. The molecular weight excluding hydrogens is 358 g/mol. The Hall–Kier alpha value is -2.23. The van der Waals surface area contributed by atoms with Crippen molar-refractivity contribution in [2.75, 3.05) is 18.4 Å². The van der Waals surface area contributed by atoms with Crippen LogP contribution in [0.4, 0.5) is 5.69 Å². The van der Waals surface area contributed by atoms with E-state index >= 15 is 0 Å². The predicted octanol–water partition coefficient (Wildman–Crippen LogP) is 2.03. The van der Waals surface area contributed by atoms with E-state index in [4.69, 9.17) is 9.15 Å². The number of morpholine rings is 1. The van der Waals surface area contributed by atoms with Crippen molar-refractivity contribution in [2.24, 2.45) is 0 Å². The lowest BCUT2D eigenvalue weighted by Gasteiger charge is -2.34. The number of furan rings is 1. The molecule has 0 aromatic carbocycles. The summed E-state index contributed by atoms with van der Waals surface area (Å²) < 4.78 is 38.3. The van der Waals surface area contributed by atoms with E-state index in [-0.39, 0.29) is 41.7 Å². The number of amides is 1. The topological polar surface area (TPSA) is 102 Å². The molecule has 8 nitrogen and oxygen atoms in total. The Kier molecular flexibility index (Phi) is 5.12. The van der Waals surface area contributed by atoms with Gasteiger partial charge in [0, 0.05) is 25.4 Å². The molecule has 1 N–H and O–H groups in total. The van der Waals surface area contributed by atoms with E-state index in [2.05, 4.69) is 10.3 Å². The minimum absolute atomic E-state index is 0.00450. The average Bonchev–Trinajstić information content (AvgIpc) is 2.98. The van der Waals surface area contributed by atoms with Crippen molar-refractivity contribution < 1.29 is 22.4 Å². The number of anilines is 1. The van der Waals surface area contributed by atoms with Crippen LogP contribution in [0.5, 0.6) is 0 Å². The number of ether oxygens (including phenoxy) is 1. The van der Waals surface area contributed by atoms with Gasteiger partial charge in [-0.1, -0.05) is 0 Å². The smallest absolute Gasteiger partial charge is 0.291 e. The number of hydrogen-bond acceptors (Lipinski definition) is 6. The molecule has 0 spiro atoms. The van der Waals surface area contributed by atoms with Gasteiger partial charge in [0.25, 0.3) is 5.91 Å². The van der Waals surface area contributed by atoms with Crippen molar-refractivity contribution in [3.8, 4) is 0 Å². The lowest BCUT2D eigenvalue weighted by Crippen LogP contribution is -2.48. The molecule has 140 valence electrons. The van der Waals surface area contributed by atoms with E-state index in [9.17, 15) is 13.2 Å². The standard InChI is InChI=1S/C17H21N3O5S/c1-11-9-20(10-12(2)24-11)26(22,23)16-7-15(25-13(16)3)17(21)19-14-5-4-6-18-8-14/h4-8,11-12H,9-10H2,1-3H3,(H,19,21)/t11-,12-/m1/s1. The van der Waals surface area contributed by atoms with Crippen LogP contribution in [0, 0.1) is 6.92 Å². The molecule has 2 atom stereocenters. The fourth-order valence-corrected chi connectivity index (χ4v) is 4.68. The second-order valence-corrected chi connectivity index (χ2v) is 8.21. The van der Waals surface area contributed by atoms with E-state index in [1.165, 1.54) is 23.5 Å². The fraction of sp³-hybridized carbons (Fsp3) is 0.412. The molecule has 3 heterocycles. The fourth-order valence-electron chi connectivity index (χ4n) is 2.93. The number of pyridine rings is 1. The first-order chi connectivity index (χ1) is 12.3. The Morgan fingerprint density at radius 1 is 1.31 bits per heavy atom. The number of sulfonamides is 1. The molecule has 9 heteroatoms. The number of carbonyl (C=O) groups excluding carboxylic acids is 1. The van der Waals surface area contributed by atoms with Crippen molar-refractivity contribution in [3.63, 3.8) is 0 Å². The molecule has 26 heavy (non-hydrogen) atoms. The Balaban J connectivity index is 1.84. The van der Waals surface area contributed by atoms with E-state index in [0.29, 0.717) is 5.69 Å². The lowest BCUT2D eigenvalue weighted by molar-refractivity contribution is -0.0441. The van der Waals surface area contributed by atoms with Crippen molar-refractivity contribution in [1.29, 1.82) is 0 Å². The van der Waals surface area contributed by atoms with Crippen molar-refractivity contribution in [3.05, 3.63) is 42.1 Å². The highest BCUT2D eigenvalue weighted by Gasteiger charge is 2.35. The summed E-state index contributed by atoms with van der Waals surface area (Å²) in [7, 11) is -3.78. The van der Waals surface area contributed by atoms with Gasteiger partial charge >= 0.3 is 0 Å². The first kappa shape index (κ1) is 18.6. The summed E-state index contributed by atoms with van der Waals surface area (Å²) in [6.45, 7) is 5.70. The van der Waals surface area contributed by atoms with Gasteiger partial charge in [0.1, 0.15) is 10.7 Å². The van der Waals surface area contributed by atoms with Crippen LogP contribution in [-0.4, -0.2) is 48.9 Å². The van der Waals surface area contributed by atoms with Gasteiger partial charge in [-0.25, -0.2) is 8.42 Å². The number of hydrogen-bond donors (Lipinski definition) is 1. The van der Waals surface area contributed by atoms with Gasteiger partial charge < -0.3 is 14.5 Å². The zero-order valence-electron chi connectivity index (χ0n) is 14.8. The second kappa shape index (κ2) is 7.18. The largest absolute Gasteiger partial charge is 0.455 e. The Labute approximate surface area is 152 Å². The molecule has 1 aliphatic rings. The third-order valence-electron chi connectivity index (χ3n) is 4.02. The zero-order chi connectivity index (χ0) is 18.9. The zero-order valence-corrected chi connectivity index (χ0v) is 15.6. The molecular formula is C17H21N3O5S. The maximum atomic E-state index is 13.0. The van der Waals surface area contributed by atoms with Gasteiger partial charge in [0.05, 0.1) is 24.1 Å². The lowest BCUT2D eigenvalue weighted by atomic mass is 10.3. The van der Waals surface area contributed by atoms with Crippen LogP contribution in [0.1, 0.15) is 30.2 Å². The monoisotopic (exact) mass is 379 g/mol. The maximum Gasteiger partial charge on any atom is 0.291 e. The quantitative estimate of drug-likeness (QED) is 0.872. The molecule has 0 unspecified atom stereocenters. The third kappa shape index (κ3) is 3.79. The molecule has 1 saturated heterocycles. The van der Waals surface area contributed by atoms with Crippen LogP contribution < -0.4 is 5.32 Å². The number of aromatic nitrogens is 1. The highest BCUT2D eigenvalue weighted by molar-refractivity contribution is 7.89. The van der Waals surface area contributed by atoms with Crippen molar-refractivity contribution in [2.45, 2.75) is 37.9 Å². The highest BCUT2D eigenvalue weighted by atomic mass is 32.2. The van der Waals surface area contributed by atoms with Crippen LogP contribution in [0.15, 0.2) is 39.9 Å². The molecule has 1 fully saturated rings. The van der Waals surface area contributed by atoms with Crippen LogP contribution in [0.25, 0.3) is 0 Å². The number of carbonyl (C=O) groups is 1. The van der Waals surface area contributed by atoms with E-state index in [0.717, 1.165) is 0 Å². The van der Waals surface area contributed by atoms with E-state index < -0.39 is 15.9 Å². The van der Waals surface area contributed by atoms with Crippen molar-refractivity contribution >= 4 is 21.6 Å². The molecule has 0 aliphatic carbocycles. The summed E-state index contributed by atoms with van der Waals surface area (Å²) in [6.07, 6.45) is 2.67. The summed E-state index contributed by atoms with van der Waals surface area (Å²) >= 11 is 0. The van der Waals surface area contributed by atoms with Gasteiger partial charge in [0.2, 0.25) is 10.0 Å². The minimum atomic E-state index is -3.78. The van der Waals surface area contributed by atoms with Crippen LogP contribution in [0.2, 0.25) is 0 Å². The number of rotatable bonds is 4. The first-order valence-corrected chi connectivity index (χ1v) is 9.69. The molecule has 3 rings (SSSR count). The second-order valence-electron chi connectivity index (χ2n) is 6.31. The summed E-state index contributed by atoms with van der Waals surface area (Å²) in [5.74, 6) is -0.432. The molecule has 0 radical (unpaired) electrons. The third-order valence-corrected chi connectivity index (χ3v) is 5.96. The van der Waals surface area contributed by atoms with Crippen molar-refractivity contribution in [1.82, 2.24) is 9.29 Å². The maximum absolute atomic E-state index is 13.0. The molecule has 0 bridgehead atoms. The number of aryl methyl sites for hydroxylation is 1. The summed E-state index contributed by atoms with van der Waals surface area (Å²) in [5.41, 5.74) is 0.492. The van der Waals surface area contributed by atoms with Gasteiger partial charge in [0.15, 0.2) is 5.76 Å². The summed E-state index contributed by atoms with van der Waals surface area (Å²) in [5, 5.41) is 2.62. The molecule has 1 amide bonds. The molecule has 0 saturated carbocycles. The highest BCUT2D eigenvalue weighted by Crippen LogP contribution is 2.26. The average molecular weight is 379 g/mol. The Bertz CT molecular complexity index is 884. The van der Waals surface area contributed by atoms with Crippen LogP contribution >= 0.6 is 0 Å². The molecule has 2 aromatic rings.